The summed E-state index contributed by atoms with van der Waals surface area (Å²) in [5.41, 5.74) is 1.23. The van der Waals surface area contributed by atoms with Gasteiger partial charge < -0.3 is 14.4 Å². The number of ketones is 1. The number of carbonyl (C=O) groups is 1. The molecular weight excluding hydrogens is 368 g/mol. The van der Waals surface area contributed by atoms with Gasteiger partial charge in [-0.1, -0.05) is 23.4 Å². The molecule has 0 aliphatic carbocycles. The maximum atomic E-state index is 12.6. The third kappa shape index (κ3) is 4.88. The zero-order chi connectivity index (χ0) is 18.5. The highest BCUT2D eigenvalue weighted by molar-refractivity contribution is 7.99. The first-order chi connectivity index (χ1) is 12.5. The van der Waals surface area contributed by atoms with Crippen molar-refractivity contribution in [2.75, 3.05) is 45.5 Å². The van der Waals surface area contributed by atoms with Gasteiger partial charge in [0.2, 0.25) is 5.78 Å². The number of hydrogen-bond acceptors (Lipinski definition) is 5. The molecule has 0 N–H and O–H groups in total. The molecule has 0 atom stereocenters. The van der Waals surface area contributed by atoms with Crippen molar-refractivity contribution in [2.24, 2.45) is 7.05 Å². The molecule has 0 spiro atoms. The van der Waals surface area contributed by atoms with Crippen LogP contribution in [0.2, 0.25) is 5.02 Å². The smallest absolute Gasteiger partial charge is 0.211 e. The van der Waals surface area contributed by atoms with E-state index in [4.69, 9.17) is 11.6 Å². The fraction of sp³-hybridized carbons (Fsp3) is 0.474. The number of carbonyl (C=O) groups excluding carboxylic acids is 1. The SMILES string of the molecule is CN1CCN(CCCSc2ncc(C(=O)c3ccc(Cl)cc3)n2C)CC1. The van der Waals surface area contributed by atoms with Gasteiger partial charge in [-0.15, -0.1) is 0 Å². The molecule has 26 heavy (non-hydrogen) atoms. The van der Waals surface area contributed by atoms with Crippen LogP contribution in [0.5, 0.6) is 0 Å². The largest absolute Gasteiger partial charge is 0.319 e. The Morgan fingerprint density at radius 3 is 2.54 bits per heavy atom. The van der Waals surface area contributed by atoms with Crippen molar-refractivity contribution < 1.29 is 4.79 Å². The third-order valence-corrected chi connectivity index (χ3v) is 6.11. The summed E-state index contributed by atoms with van der Waals surface area (Å²) in [5.74, 6) is 0.979. The standard InChI is InChI=1S/C19H25ClN4OS/c1-22-9-11-24(12-10-22)8-3-13-26-19-21-14-17(23(19)2)18(25)15-4-6-16(20)7-5-15/h4-7,14H,3,8-13H2,1-2H3. The molecule has 2 aromatic rings. The van der Waals surface area contributed by atoms with E-state index in [2.05, 4.69) is 21.8 Å². The highest BCUT2D eigenvalue weighted by Crippen LogP contribution is 2.21. The van der Waals surface area contributed by atoms with E-state index in [9.17, 15) is 4.79 Å². The second kappa shape index (κ2) is 9.04. The summed E-state index contributed by atoms with van der Waals surface area (Å²) in [6.45, 7) is 5.75. The highest BCUT2D eigenvalue weighted by atomic mass is 35.5. The maximum absolute atomic E-state index is 12.6. The first-order valence-corrected chi connectivity index (χ1v) is 10.3. The zero-order valence-corrected chi connectivity index (χ0v) is 16.9. The highest BCUT2D eigenvalue weighted by Gasteiger charge is 2.17. The summed E-state index contributed by atoms with van der Waals surface area (Å²) in [6.07, 6.45) is 2.79. The van der Waals surface area contributed by atoms with Gasteiger partial charge in [0.15, 0.2) is 5.16 Å². The van der Waals surface area contributed by atoms with E-state index in [0.29, 0.717) is 16.3 Å². The maximum Gasteiger partial charge on any atom is 0.211 e. The van der Waals surface area contributed by atoms with Gasteiger partial charge in [0.25, 0.3) is 0 Å². The van der Waals surface area contributed by atoms with Crippen LogP contribution in [-0.2, 0) is 7.05 Å². The van der Waals surface area contributed by atoms with Crippen molar-refractivity contribution >= 4 is 29.1 Å². The molecule has 1 fully saturated rings. The van der Waals surface area contributed by atoms with Crippen molar-refractivity contribution in [1.82, 2.24) is 19.4 Å². The van der Waals surface area contributed by atoms with Crippen molar-refractivity contribution in [1.29, 1.82) is 0 Å². The minimum atomic E-state index is -0.0269. The first kappa shape index (κ1) is 19.4. The molecule has 7 heteroatoms. The number of imidazole rings is 1. The van der Waals surface area contributed by atoms with Gasteiger partial charge in [0, 0.05) is 49.6 Å². The van der Waals surface area contributed by atoms with E-state index in [1.807, 2.05) is 11.6 Å². The molecule has 0 saturated carbocycles. The van der Waals surface area contributed by atoms with Crippen LogP contribution in [0.1, 0.15) is 22.5 Å². The van der Waals surface area contributed by atoms with E-state index >= 15 is 0 Å². The van der Waals surface area contributed by atoms with Crippen LogP contribution in [-0.4, -0.2) is 70.7 Å². The number of halogens is 1. The van der Waals surface area contributed by atoms with Gasteiger partial charge >= 0.3 is 0 Å². The Labute approximate surface area is 164 Å². The minimum absolute atomic E-state index is 0.0269. The number of likely N-dealkylation sites (N-methyl/N-ethyl adjacent to an activating group) is 1. The van der Waals surface area contributed by atoms with E-state index in [1.54, 1.807) is 42.2 Å². The molecule has 1 aliphatic rings. The average molecular weight is 393 g/mol. The zero-order valence-electron chi connectivity index (χ0n) is 15.3. The van der Waals surface area contributed by atoms with Crippen molar-refractivity contribution in [3.8, 4) is 0 Å². The molecule has 1 aromatic carbocycles. The predicted molar refractivity (Wildman–Crippen MR) is 107 cm³/mol. The van der Waals surface area contributed by atoms with Crippen LogP contribution in [0.4, 0.5) is 0 Å². The Morgan fingerprint density at radius 2 is 1.85 bits per heavy atom. The van der Waals surface area contributed by atoms with Crippen molar-refractivity contribution in [3.05, 3.63) is 46.7 Å². The van der Waals surface area contributed by atoms with Gasteiger partial charge in [0.1, 0.15) is 5.69 Å². The summed E-state index contributed by atoms with van der Waals surface area (Å²) >= 11 is 7.61. The van der Waals surface area contributed by atoms with Crippen molar-refractivity contribution in [2.45, 2.75) is 11.6 Å². The quantitative estimate of drug-likeness (QED) is 0.411. The van der Waals surface area contributed by atoms with E-state index in [1.165, 1.54) is 0 Å². The number of aromatic nitrogens is 2. The molecule has 2 heterocycles. The number of piperazine rings is 1. The number of hydrogen-bond donors (Lipinski definition) is 0. The summed E-state index contributed by atoms with van der Waals surface area (Å²) < 4.78 is 1.89. The fourth-order valence-corrected chi connectivity index (χ4v) is 4.01. The second-order valence-corrected chi connectivity index (χ2v) is 8.17. The molecule has 1 aromatic heterocycles. The predicted octanol–water partition coefficient (Wildman–Crippen LogP) is 3.03. The lowest BCUT2D eigenvalue weighted by atomic mass is 10.1. The van der Waals surface area contributed by atoms with Gasteiger partial charge in [-0.05, 0) is 44.3 Å². The number of nitrogens with zero attached hydrogens (tertiary/aromatic N) is 4. The number of benzene rings is 1. The topological polar surface area (TPSA) is 41.4 Å². The van der Waals surface area contributed by atoms with E-state index < -0.39 is 0 Å². The Hall–Kier alpha value is -1.34. The van der Waals surface area contributed by atoms with Crippen LogP contribution in [0, 0.1) is 0 Å². The Bertz CT molecular complexity index is 738. The molecule has 5 nitrogen and oxygen atoms in total. The Kier molecular flexibility index (Phi) is 6.75. The van der Waals surface area contributed by atoms with Crippen LogP contribution < -0.4 is 0 Å². The van der Waals surface area contributed by atoms with Crippen LogP contribution >= 0.6 is 23.4 Å². The lowest BCUT2D eigenvalue weighted by molar-refractivity contribution is 0.103. The first-order valence-electron chi connectivity index (χ1n) is 8.90. The molecule has 0 amide bonds. The molecule has 0 radical (unpaired) electrons. The average Bonchev–Trinajstić information content (AvgIpc) is 3.01. The van der Waals surface area contributed by atoms with Crippen LogP contribution in [0.15, 0.2) is 35.6 Å². The van der Waals surface area contributed by atoms with Gasteiger partial charge in [-0.25, -0.2) is 4.98 Å². The molecule has 1 saturated heterocycles. The summed E-state index contributed by atoms with van der Waals surface area (Å²) in [6, 6.07) is 6.97. The molecule has 1 aliphatic heterocycles. The lowest BCUT2D eigenvalue weighted by Crippen LogP contribution is -2.44. The van der Waals surface area contributed by atoms with E-state index in [-0.39, 0.29) is 5.78 Å². The summed E-state index contributed by atoms with van der Waals surface area (Å²) in [7, 11) is 4.08. The summed E-state index contributed by atoms with van der Waals surface area (Å²) in [5, 5.41) is 1.52. The number of rotatable bonds is 7. The van der Waals surface area contributed by atoms with E-state index in [0.717, 1.165) is 50.1 Å². The molecule has 140 valence electrons. The molecule has 0 unspecified atom stereocenters. The van der Waals surface area contributed by atoms with Gasteiger partial charge in [0.05, 0.1) is 6.20 Å². The van der Waals surface area contributed by atoms with Crippen LogP contribution in [0.25, 0.3) is 0 Å². The molecular formula is C19H25ClN4OS. The Balaban J connectivity index is 1.50. The van der Waals surface area contributed by atoms with Gasteiger partial charge in [-0.2, -0.15) is 0 Å². The lowest BCUT2D eigenvalue weighted by Gasteiger charge is -2.32. The molecule has 3 rings (SSSR count). The fourth-order valence-electron chi connectivity index (χ4n) is 3.01. The number of thioether (sulfide) groups is 1. The van der Waals surface area contributed by atoms with Crippen molar-refractivity contribution in [3.63, 3.8) is 0 Å². The minimum Gasteiger partial charge on any atom is -0.319 e. The Morgan fingerprint density at radius 1 is 1.15 bits per heavy atom. The normalized spacial score (nSPS) is 16.1. The second-order valence-electron chi connectivity index (χ2n) is 6.67. The van der Waals surface area contributed by atoms with Crippen LogP contribution in [0.3, 0.4) is 0 Å². The van der Waals surface area contributed by atoms with Gasteiger partial charge in [-0.3, -0.25) is 4.79 Å². The summed E-state index contributed by atoms with van der Waals surface area (Å²) in [4.78, 5) is 22.0. The molecule has 0 bridgehead atoms. The monoisotopic (exact) mass is 392 g/mol. The third-order valence-electron chi connectivity index (χ3n) is 4.73.